The third-order valence-corrected chi connectivity index (χ3v) is 5.32. The van der Waals surface area contributed by atoms with Crippen LogP contribution in [0.3, 0.4) is 0 Å². The molecule has 3 heterocycles. The van der Waals surface area contributed by atoms with Gasteiger partial charge in [0.2, 0.25) is 5.91 Å². The molecule has 0 radical (unpaired) electrons. The van der Waals surface area contributed by atoms with E-state index in [-0.39, 0.29) is 5.91 Å². The number of hydrogen-bond donors (Lipinski definition) is 0. The molecule has 1 aromatic carbocycles. The number of amides is 1. The predicted molar refractivity (Wildman–Crippen MR) is 105 cm³/mol. The van der Waals surface area contributed by atoms with E-state index in [0.717, 1.165) is 54.1 Å². The lowest BCUT2D eigenvalue weighted by molar-refractivity contribution is -0.132. The average Bonchev–Trinajstić information content (AvgIpc) is 3.06. The predicted octanol–water partition coefficient (Wildman–Crippen LogP) is 2.98. The van der Waals surface area contributed by atoms with Gasteiger partial charge in [-0.1, -0.05) is 34.1 Å². The van der Waals surface area contributed by atoms with E-state index in [0.29, 0.717) is 6.42 Å². The number of pyridine rings is 1. The van der Waals surface area contributed by atoms with Crippen LogP contribution in [0.25, 0.3) is 5.65 Å². The Balaban J connectivity index is 1.30. The van der Waals surface area contributed by atoms with Crippen molar-refractivity contribution in [3.63, 3.8) is 0 Å². The molecule has 4 rings (SSSR count). The largest absolute Gasteiger partial charge is 0.340 e. The molecule has 0 saturated carbocycles. The Morgan fingerprint density at radius 3 is 2.54 bits per heavy atom. The van der Waals surface area contributed by atoms with Gasteiger partial charge in [-0.05, 0) is 29.8 Å². The van der Waals surface area contributed by atoms with E-state index in [4.69, 9.17) is 0 Å². The van der Waals surface area contributed by atoms with Gasteiger partial charge in [0.15, 0.2) is 0 Å². The smallest absolute Gasteiger partial charge is 0.227 e. The summed E-state index contributed by atoms with van der Waals surface area (Å²) in [4.78, 5) is 21.5. The lowest BCUT2D eigenvalue weighted by atomic mass is 10.1. The summed E-state index contributed by atoms with van der Waals surface area (Å²) in [5, 5.41) is 0. The minimum Gasteiger partial charge on any atom is -0.340 e. The molecule has 0 bridgehead atoms. The van der Waals surface area contributed by atoms with Crippen molar-refractivity contribution < 1.29 is 4.79 Å². The first-order chi connectivity index (χ1) is 12.7. The molecule has 6 heteroatoms. The number of piperazine rings is 1. The molecule has 3 aromatic rings. The fourth-order valence-corrected chi connectivity index (χ4v) is 3.60. The number of carbonyl (C=O) groups is 1. The van der Waals surface area contributed by atoms with Gasteiger partial charge in [0.05, 0.1) is 12.1 Å². The van der Waals surface area contributed by atoms with Crippen molar-refractivity contribution in [1.29, 1.82) is 0 Å². The Morgan fingerprint density at radius 1 is 1.04 bits per heavy atom. The van der Waals surface area contributed by atoms with Crippen molar-refractivity contribution >= 4 is 27.5 Å². The lowest BCUT2D eigenvalue weighted by Gasteiger charge is -2.34. The summed E-state index contributed by atoms with van der Waals surface area (Å²) in [7, 11) is 0. The molecule has 0 atom stereocenters. The molecule has 2 aromatic heterocycles. The third kappa shape index (κ3) is 3.97. The second-order valence-electron chi connectivity index (χ2n) is 6.66. The van der Waals surface area contributed by atoms with Crippen LogP contribution >= 0.6 is 15.9 Å². The summed E-state index contributed by atoms with van der Waals surface area (Å²) < 4.78 is 3.09. The van der Waals surface area contributed by atoms with Gasteiger partial charge in [-0.25, -0.2) is 4.98 Å². The Labute approximate surface area is 161 Å². The second-order valence-corrected chi connectivity index (χ2v) is 7.57. The maximum atomic E-state index is 12.5. The number of aromatic nitrogens is 2. The molecule has 5 nitrogen and oxygen atoms in total. The number of fused-ring (bicyclic) bond motifs is 1. The second kappa shape index (κ2) is 7.60. The molecule has 0 N–H and O–H groups in total. The van der Waals surface area contributed by atoms with Crippen LogP contribution in [0.1, 0.15) is 11.3 Å². The highest BCUT2D eigenvalue weighted by molar-refractivity contribution is 9.10. The van der Waals surface area contributed by atoms with Crippen molar-refractivity contribution in [2.45, 2.75) is 13.0 Å². The number of nitrogens with zero attached hydrogens (tertiary/aromatic N) is 4. The molecule has 1 aliphatic heterocycles. The van der Waals surface area contributed by atoms with Gasteiger partial charge in [-0.3, -0.25) is 9.69 Å². The summed E-state index contributed by atoms with van der Waals surface area (Å²) in [6.07, 6.45) is 4.57. The Kier molecular flexibility index (Phi) is 5.04. The van der Waals surface area contributed by atoms with Crippen molar-refractivity contribution in [2.24, 2.45) is 0 Å². The summed E-state index contributed by atoms with van der Waals surface area (Å²) in [6.45, 7) is 4.17. The molecule has 1 fully saturated rings. The zero-order chi connectivity index (χ0) is 17.9. The zero-order valence-corrected chi connectivity index (χ0v) is 16.1. The summed E-state index contributed by atoms with van der Waals surface area (Å²) in [5.41, 5.74) is 3.11. The van der Waals surface area contributed by atoms with Gasteiger partial charge in [-0.2, -0.15) is 0 Å². The fraction of sp³-hybridized carbons (Fsp3) is 0.300. The van der Waals surface area contributed by atoms with Crippen LogP contribution in [0, 0.1) is 0 Å². The van der Waals surface area contributed by atoms with E-state index < -0.39 is 0 Å². The molecule has 26 heavy (non-hydrogen) atoms. The maximum absolute atomic E-state index is 12.5. The Morgan fingerprint density at radius 2 is 1.81 bits per heavy atom. The minimum atomic E-state index is 0.208. The summed E-state index contributed by atoms with van der Waals surface area (Å²) in [5.74, 6) is 0.208. The van der Waals surface area contributed by atoms with Gasteiger partial charge in [0.1, 0.15) is 5.65 Å². The molecule has 0 unspecified atom stereocenters. The SMILES string of the molecule is O=C(Cc1ccc(Br)cc1)N1CCN(Cc2cn3ccccc3n2)CC1. The molecule has 1 saturated heterocycles. The summed E-state index contributed by atoms with van der Waals surface area (Å²) in [6, 6.07) is 14.0. The first kappa shape index (κ1) is 17.2. The third-order valence-electron chi connectivity index (χ3n) is 4.79. The first-order valence-corrected chi connectivity index (χ1v) is 9.64. The lowest BCUT2D eigenvalue weighted by Crippen LogP contribution is -2.48. The van der Waals surface area contributed by atoms with Crippen LogP contribution in [0.5, 0.6) is 0 Å². The molecule has 0 aliphatic carbocycles. The minimum absolute atomic E-state index is 0.208. The molecular formula is C20H21BrN4O. The molecule has 1 aliphatic rings. The number of hydrogen-bond acceptors (Lipinski definition) is 3. The van der Waals surface area contributed by atoms with Crippen LogP contribution in [-0.2, 0) is 17.8 Å². The monoisotopic (exact) mass is 412 g/mol. The van der Waals surface area contributed by atoms with Crippen LogP contribution in [0.15, 0.2) is 59.3 Å². The Hall–Kier alpha value is -2.18. The van der Waals surface area contributed by atoms with Crippen LogP contribution in [0.2, 0.25) is 0 Å². The van der Waals surface area contributed by atoms with E-state index in [9.17, 15) is 4.79 Å². The topological polar surface area (TPSA) is 40.9 Å². The Bertz CT molecular complexity index is 865. The maximum Gasteiger partial charge on any atom is 0.227 e. The number of halogens is 1. The molecular weight excluding hydrogens is 392 g/mol. The van der Waals surface area contributed by atoms with Gasteiger partial charge in [0, 0.05) is 49.6 Å². The normalized spacial score (nSPS) is 15.5. The van der Waals surface area contributed by atoms with E-state index in [1.54, 1.807) is 0 Å². The van der Waals surface area contributed by atoms with Crippen LogP contribution in [-0.4, -0.2) is 51.3 Å². The number of rotatable bonds is 4. The van der Waals surface area contributed by atoms with Crippen molar-refractivity contribution in [2.75, 3.05) is 26.2 Å². The van der Waals surface area contributed by atoms with Gasteiger partial charge < -0.3 is 9.30 Å². The number of imidazole rings is 1. The quantitative estimate of drug-likeness (QED) is 0.661. The molecule has 1 amide bonds. The number of benzene rings is 1. The van der Waals surface area contributed by atoms with Gasteiger partial charge in [-0.15, -0.1) is 0 Å². The zero-order valence-electron chi connectivity index (χ0n) is 14.5. The van der Waals surface area contributed by atoms with Crippen molar-refractivity contribution in [3.05, 3.63) is 70.6 Å². The van der Waals surface area contributed by atoms with Gasteiger partial charge >= 0.3 is 0 Å². The highest BCUT2D eigenvalue weighted by Gasteiger charge is 2.21. The molecule has 0 spiro atoms. The van der Waals surface area contributed by atoms with E-state index in [2.05, 4.69) is 32.0 Å². The van der Waals surface area contributed by atoms with Crippen LogP contribution in [0.4, 0.5) is 0 Å². The van der Waals surface area contributed by atoms with E-state index >= 15 is 0 Å². The van der Waals surface area contributed by atoms with E-state index in [1.807, 2.05) is 58.0 Å². The van der Waals surface area contributed by atoms with Crippen molar-refractivity contribution in [3.8, 4) is 0 Å². The summed E-state index contributed by atoms with van der Waals surface area (Å²) >= 11 is 3.43. The molecule has 134 valence electrons. The first-order valence-electron chi connectivity index (χ1n) is 8.84. The van der Waals surface area contributed by atoms with Crippen LogP contribution < -0.4 is 0 Å². The standard InChI is InChI=1S/C20H21BrN4O/c21-17-6-4-16(5-7-17)13-20(26)24-11-9-23(10-12-24)14-18-15-25-8-2-1-3-19(25)22-18/h1-8,15H,9-14H2. The average molecular weight is 413 g/mol. The van der Waals surface area contributed by atoms with Gasteiger partial charge in [0.25, 0.3) is 0 Å². The van der Waals surface area contributed by atoms with Crippen molar-refractivity contribution in [1.82, 2.24) is 19.2 Å². The highest BCUT2D eigenvalue weighted by atomic mass is 79.9. The number of carbonyl (C=O) groups excluding carboxylic acids is 1. The van der Waals surface area contributed by atoms with E-state index in [1.165, 1.54) is 0 Å². The fourth-order valence-electron chi connectivity index (χ4n) is 3.34. The highest BCUT2D eigenvalue weighted by Crippen LogP contribution is 2.14.